The minimum absolute atomic E-state index is 0.132. The minimum Gasteiger partial charge on any atom is -0.392 e. The Kier molecular flexibility index (Phi) is 3.30. The van der Waals surface area contributed by atoms with Gasteiger partial charge in [0.15, 0.2) is 0 Å². The quantitative estimate of drug-likeness (QED) is 0.832. The Balaban J connectivity index is 2.78. The van der Waals surface area contributed by atoms with Crippen LogP contribution in [0.15, 0.2) is 20.8 Å². The number of hydrogen-bond donors (Lipinski definition) is 1. The van der Waals surface area contributed by atoms with Crippen LogP contribution in [0.3, 0.4) is 0 Å². The SMILES string of the molecule is C/C(=C\c1csc(Br)c1)CO. The molecule has 0 aliphatic heterocycles. The highest BCUT2D eigenvalue weighted by atomic mass is 79.9. The third-order valence-electron chi connectivity index (χ3n) is 1.25. The summed E-state index contributed by atoms with van der Waals surface area (Å²) < 4.78 is 1.12. The molecule has 0 amide bonds. The molecule has 3 heteroatoms. The predicted octanol–water partition coefficient (Wildman–Crippen LogP) is 2.91. The molecule has 0 radical (unpaired) electrons. The van der Waals surface area contributed by atoms with Crippen LogP contribution in [0.4, 0.5) is 0 Å². The van der Waals surface area contributed by atoms with Crippen molar-refractivity contribution >= 4 is 33.3 Å². The van der Waals surface area contributed by atoms with Crippen molar-refractivity contribution in [2.24, 2.45) is 0 Å². The number of rotatable bonds is 2. The number of aliphatic hydroxyl groups is 1. The van der Waals surface area contributed by atoms with Gasteiger partial charge >= 0.3 is 0 Å². The average molecular weight is 233 g/mol. The van der Waals surface area contributed by atoms with Gasteiger partial charge in [0, 0.05) is 0 Å². The van der Waals surface area contributed by atoms with E-state index in [-0.39, 0.29) is 6.61 Å². The van der Waals surface area contributed by atoms with Crippen LogP contribution in [0.5, 0.6) is 0 Å². The highest BCUT2D eigenvalue weighted by molar-refractivity contribution is 9.11. The highest BCUT2D eigenvalue weighted by Gasteiger charge is 1.93. The molecule has 0 spiro atoms. The van der Waals surface area contributed by atoms with Crippen molar-refractivity contribution in [1.29, 1.82) is 0 Å². The lowest BCUT2D eigenvalue weighted by Crippen LogP contribution is -1.81. The molecule has 1 rings (SSSR count). The van der Waals surface area contributed by atoms with Crippen molar-refractivity contribution in [3.8, 4) is 0 Å². The lowest BCUT2D eigenvalue weighted by atomic mass is 10.2. The first-order chi connectivity index (χ1) is 5.22. The summed E-state index contributed by atoms with van der Waals surface area (Å²) in [4.78, 5) is 0. The van der Waals surface area contributed by atoms with Crippen LogP contribution in [0.2, 0.25) is 0 Å². The summed E-state index contributed by atoms with van der Waals surface area (Å²) in [6, 6.07) is 2.03. The second kappa shape index (κ2) is 4.04. The van der Waals surface area contributed by atoms with Crippen molar-refractivity contribution in [3.05, 3.63) is 26.4 Å². The maximum absolute atomic E-state index is 8.73. The Bertz CT molecular complexity index is 265. The summed E-state index contributed by atoms with van der Waals surface area (Å²) in [5.41, 5.74) is 2.13. The fraction of sp³-hybridized carbons (Fsp3) is 0.250. The summed E-state index contributed by atoms with van der Waals surface area (Å²) in [7, 11) is 0. The van der Waals surface area contributed by atoms with Gasteiger partial charge in [0.05, 0.1) is 10.4 Å². The second-order valence-electron chi connectivity index (χ2n) is 2.33. The Morgan fingerprint density at radius 3 is 3.00 bits per heavy atom. The van der Waals surface area contributed by atoms with Crippen molar-refractivity contribution in [2.45, 2.75) is 6.92 Å². The second-order valence-corrected chi connectivity index (χ2v) is 4.62. The molecule has 1 heterocycles. The molecule has 0 aliphatic carbocycles. The lowest BCUT2D eigenvalue weighted by molar-refractivity contribution is 0.332. The van der Waals surface area contributed by atoms with Crippen molar-refractivity contribution < 1.29 is 5.11 Å². The van der Waals surface area contributed by atoms with E-state index in [2.05, 4.69) is 15.9 Å². The zero-order chi connectivity index (χ0) is 8.27. The molecule has 1 aromatic heterocycles. The topological polar surface area (TPSA) is 20.2 Å². The van der Waals surface area contributed by atoms with Crippen molar-refractivity contribution in [3.63, 3.8) is 0 Å². The zero-order valence-electron chi connectivity index (χ0n) is 6.17. The fourth-order valence-corrected chi connectivity index (χ4v) is 1.86. The maximum Gasteiger partial charge on any atom is 0.0704 e. The van der Waals surface area contributed by atoms with E-state index in [1.54, 1.807) is 11.3 Å². The van der Waals surface area contributed by atoms with Gasteiger partial charge in [0.2, 0.25) is 0 Å². The molecule has 60 valence electrons. The molecule has 1 N–H and O–H groups in total. The molecule has 0 atom stereocenters. The number of halogens is 1. The smallest absolute Gasteiger partial charge is 0.0704 e. The largest absolute Gasteiger partial charge is 0.392 e. The summed E-state index contributed by atoms with van der Waals surface area (Å²) in [5, 5.41) is 10.8. The Hall–Kier alpha value is -0.120. The highest BCUT2D eigenvalue weighted by Crippen LogP contribution is 2.22. The van der Waals surface area contributed by atoms with E-state index in [9.17, 15) is 0 Å². The molecule has 0 saturated heterocycles. The Morgan fingerprint density at radius 2 is 2.55 bits per heavy atom. The van der Waals surface area contributed by atoms with Crippen LogP contribution in [0, 0.1) is 0 Å². The lowest BCUT2D eigenvalue weighted by Gasteiger charge is -1.90. The van der Waals surface area contributed by atoms with Crippen molar-refractivity contribution in [2.75, 3.05) is 6.61 Å². The fourth-order valence-electron chi connectivity index (χ4n) is 0.729. The van der Waals surface area contributed by atoms with Gasteiger partial charge in [-0.1, -0.05) is 6.08 Å². The standard InChI is InChI=1S/C8H9BrOS/c1-6(4-10)2-7-3-8(9)11-5-7/h2-3,5,10H,4H2,1H3/b6-2+. The van der Waals surface area contributed by atoms with Gasteiger partial charge < -0.3 is 5.11 Å². The molecule has 0 aromatic carbocycles. The number of hydrogen-bond acceptors (Lipinski definition) is 2. The van der Waals surface area contributed by atoms with Gasteiger partial charge in [-0.25, -0.2) is 0 Å². The molecule has 1 aromatic rings. The van der Waals surface area contributed by atoms with E-state index >= 15 is 0 Å². The summed E-state index contributed by atoms with van der Waals surface area (Å²) in [5.74, 6) is 0. The molecule has 0 saturated carbocycles. The van der Waals surface area contributed by atoms with Crippen molar-refractivity contribution in [1.82, 2.24) is 0 Å². The van der Waals surface area contributed by atoms with Gasteiger partial charge in [-0.2, -0.15) is 0 Å². The monoisotopic (exact) mass is 232 g/mol. The van der Waals surface area contributed by atoms with Crippen LogP contribution < -0.4 is 0 Å². The van der Waals surface area contributed by atoms with Gasteiger partial charge in [-0.05, 0) is 45.4 Å². The Morgan fingerprint density at radius 1 is 1.82 bits per heavy atom. The maximum atomic E-state index is 8.73. The average Bonchev–Trinajstić information content (AvgIpc) is 2.35. The normalized spacial score (nSPS) is 12.1. The first kappa shape index (κ1) is 8.97. The molecule has 1 nitrogen and oxygen atoms in total. The van der Waals surface area contributed by atoms with E-state index < -0.39 is 0 Å². The summed E-state index contributed by atoms with van der Waals surface area (Å²) >= 11 is 5.02. The van der Waals surface area contributed by atoms with Crippen LogP contribution in [0.1, 0.15) is 12.5 Å². The molecule has 0 unspecified atom stereocenters. The predicted molar refractivity (Wildman–Crippen MR) is 52.8 cm³/mol. The van der Waals surface area contributed by atoms with E-state index in [0.717, 1.165) is 14.9 Å². The first-order valence-corrected chi connectivity index (χ1v) is 4.91. The van der Waals surface area contributed by atoms with E-state index in [0.29, 0.717) is 0 Å². The van der Waals surface area contributed by atoms with E-state index in [1.807, 2.05) is 24.4 Å². The van der Waals surface area contributed by atoms with Gasteiger partial charge in [0.25, 0.3) is 0 Å². The number of thiophene rings is 1. The van der Waals surface area contributed by atoms with Crippen LogP contribution in [-0.4, -0.2) is 11.7 Å². The first-order valence-electron chi connectivity index (χ1n) is 3.24. The third kappa shape index (κ3) is 2.77. The van der Waals surface area contributed by atoms with Gasteiger partial charge in [0.1, 0.15) is 0 Å². The van der Waals surface area contributed by atoms with E-state index in [1.165, 1.54) is 0 Å². The summed E-state index contributed by atoms with van der Waals surface area (Å²) in [6.45, 7) is 2.04. The Labute approximate surface area is 78.5 Å². The third-order valence-corrected chi connectivity index (χ3v) is 2.77. The van der Waals surface area contributed by atoms with E-state index in [4.69, 9.17) is 5.11 Å². The van der Waals surface area contributed by atoms with Crippen LogP contribution in [0.25, 0.3) is 6.08 Å². The number of aliphatic hydroxyl groups excluding tert-OH is 1. The van der Waals surface area contributed by atoms with Crippen LogP contribution >= 0.6 is 27.3 Å². The zero-order valence-corrected chi connectivity index (χ0v) is 8.58. The van der Waals surface area contributed by atoms with Gasteiger partial charge in [-0.15, -0.1) is 11.3 Å². The molecular weight excluding hydrogens is 224 g/mol. The van der Waals surface area contributed by atoms with Crippen LogP contribution in [-0.2, 0) is 0 Å². The summed E-state index contributed by atoms with van der Waals surface area (Å²) in [6.07, 6.45) is 1.97. The molecule has 0 bridgehead atoms. The molecule has 0 aliphatic rings. The minimum atomic E-state index is 0.132. The molecular formula is C8H9BrOS. The molecule has 11 heavy (non-hydrogen) atoms. The van der Waals surface area contributed by atoms with Gasteiger partial charge in [-0.3, -0.25) is 0 Å². The molecule has 0 fully saturated rings.